The van der Waals surface area contributed by atoms with Crippen molar-refractivity contribution in [3.63, 3.8) is 0 Å². The van der Waals surface area contributed by atoms with Crippen LogP contribution >= 0.6 is 11.8 Å². The minimum absolute atomic E-state index is 0. The van der Waals surface area contributed by atoms with Crippen LogP contribution in [0, 0.1) is 12.1 Å². The molecule has 1 aliphatic carbocycles. The maximum absolute atomic E-state index is 5.41. The number of rotatable bonds is 4. The molecule has 4 heterocycles. The van der Waals surface area contributed by atoms with Gasteiger partial charge in [-0.3, -0.25) is 0 Å². The fraction of sp³-hybridized carbons (Fsp3) is 0.192. The van der Waals surface area contributed by atoms with E-state index in [4.69, 9.17) is 9.98 Å². The van der Waals surface area contributed by atoms with Gasteiger partial charge in [0.1, 0.15) is 5.82 Å². The summed E-state index contributed by atoms with van der Waals surface area (Å²) < 4.78 is 2.31. The summed E-state index contributed by atoms with van der Waals surface area (Å²) in [5.74, 6) is 0.898. The molecule has 0 saturated carbocycles. The van der Waals surface area contributed by atoms with Crippen molar-refractivity contribution in [1.29, 1.82) is 0 Å². The molecule has 6 heteroatoms. The number of pyridine rings is 1. The standard InChI is InChI=1S/C52H42N4S.Pt/c1-51(2,3)36-23-24-53-48(29-36)56-44-21-13-11-19-39(44)40-30-42-47(31-46(40)56)55(45-22-14-12-20-41(45)52(42,4)5)37-26-34(32-15-7-6-8-16-32)25-35(27-37)50-54-43-28-33-17-9-10-18-38(33)49(43)57-50;/h6-26,29-30,43,49H,28H2,1-5H3;/q-2;+2/t43-,49+;/m1./s1. The van der Waals surface area contributed by atoms with Crippen molar-refractivity contribution in [1.82, 2.24) is 9.55 Å². The van der Waals surface area contributed by atoms with E-state index in [0.29, 0.717) is 5.25 Å². The van der Waals surface area contributed by atoms with Crippen LogP contribution in [0.5, 0.6) is 0 Å². The Morgan fingerprint density at radius 3 is 2.34 bits per heavy atom. The van der Waals surface area contributed by atoms with Gasteiger partial charge >= 0.3 is 21.1 Å². The first-order valence-corrected chi connectivity index (χ1v) is 20.8. The maximum atomic E-state index is 5.41. The number of hydrogen-bond donors (Lipinski definition) is 0. The predicted molar refractivity (Wildman–Crippen MR) is 238 cm³/mol. The fourth-order valence-electron chi connectivity index (χ4n) is 9.35. The van der Waals surface area contributed by atoms with Crippen molar-refractivity contribution in [3.05, 3.63) is 185 Å². The number of anilines is 3. The van der Waals surface area contributed by atoms with Gasteiger partial charge in [-0.15, -0.1) is 52.5 Å². The molecule has 0 amide bonds. The average Bonchev–Trinajstić information content (AvgIpc) is 3.90. The third-order valence-electron chi connectivity index (χ3n) is 12.3. The summed E-state index contributed by atoms with van der Waals surface area (Å²) in [5.41, 5.74) is 14.9. The zero-order chi connectivity index (χ0) is 38.6. The van der Waals surface area contributed by atoms with Crippen LogP contribution in [-0.4, -0.2) is 20.6 Å². The largest absolute Gasteiger partial charge is 2.00 e. The Morgan fingerprint density at radius 2 is 1.50 bits per heavy atom. The van der Waals surface area contributed by atoms with Crippen LogP contribution in [-0.2, 0) is 38.3 Å². The zero-order valence-corrected chi connectivity index (χ0v) is 36.2. The monoisotopic (exact) mass is 949 g/mol. The molecular weight excluding hydrogens is 908 g/mol. The van der Waals surface area contributed by atoms with Gasteiger partial charge in [-0.2, -0.15) is 6.07 Å². The van der Waals surface area contributed by atoms with Gasteiger partial charge in [-0.25, -0.2) is 4.98 Å². The summed E-state index contributed by atoms with van der Waals surface area (Å²) in [7, 11) is 0. The number of aliphatic imine (C=N–C) groups is 1. The van der Waals surface area contributed by atoms with E-state index in [2.05, 4.69) is 190 Å². The molecule has 286 valence electrons. The van der Waals surface area contributed by atoms with E-state index in [1.165, 1.54) is 44.2 Å². The number of para-hydroxylation sites is 2. The number of fused-ring (bicyclic) bond motifs is 8. The minimum Gasteiger partial charge on any atom is -0.352 e. The molecule has 0 bridgehead atoms. The van der Waals surface area contributed by atoms with Crippen molar-refractivity contribution in [2.24, 2.45) is 4.99 Å². The molecule has 0 saturated heterocycles. The Morgan fingerprint density at radius 1 is 0.741 bits per heavy atom. The number of aromatic nitrogens is 2. The Bertz CT molecular complexity index is 2960. The van der Waals surface area contributed by atoms with Crippen LogP contribution in [0.4, 0.5) is 17.1 Å². The molecule has 0 spiro atoms. The Balaban J connectivity index is 0.00000408. The van der Waals surface area contributed by atoms with Gasteiger partial charge < -0.3 is 14.5 Å². The van der Waals surface area contributed by atoms with Crippen LogP contribution in [0.3, 0.4) is 0 Å². The minimum atomic E-state index is -0.295. The fourth-order valence-corrected chi connectivity index (χ4v) is 10.7. The van der Waals surface area contributed by atoms with Crippen molar-refractivity contribution in [2.45, 2.75) is 63.2 Å². The van der Waals surface area contributed by atoms with Gasteiger partial charge in [0.15, 0.2) is 0 Å². The summed E-state index contributed by atoms with van der Waals surface area (Å²) in [6.07, 6.45) is 2.93. The van der Waals surface area contributed by atoms with Crippen molar-refractivity contribution in [3.8, 4) is 16.9 Å². The molecule has 8 aromatic rings. The molecule has 2 aromatic heterocycles. The normalized spacial score (nSPS) is 17.7. The molecule has 2 aliphatic heterocycles. The first-order valence-electron chi connectivity index (χ1n) is 20.0. The second-order valence-electron chi connectivity index (χ2n) is 17.3. The molecule has 3 aliphatic rings. The van der Waals surface area contributed by atoms with Crippen LogP contribution in [0.25, 0.3) is 38.8 Å². The predicted octanol–water partition coefficient (Wildman–Crippen LogP) is 13.0. The molecule has 6 aromatic carbocycles. The van der Waals surface area contributed by atoms with E-state index in [9.17, 15) is 0 Å². The van der Waals surface area contributed by atoms with Crippen molar-refractivity contribution < 1.29 is 21.1 Å². The van der Waals surface area contributed by atoms with Gasteiger partial charge in [-0.1, -0.05) is 142 Å². The van der Waals surface area contributed by atoms with E-state index < -0.39 is 0 Å². The molecule has 11 rings (SSSR count). The van der Waals surface area contributed by atoms with Crippen LogP contribution < -0.4 is 4.90 Å². The van der Waals surface area contributed by atoms with E-state index >= 15 is 0 Å². The molecule has 4 nitrogen and oxygen atoms in total. The van der Waals surface area contributed by atoms with E-state index in [0.717, 1.165) is 56.5 Å². The molecule has 58 heavy (non-hydrogen) atoms. The third kappa shape index (κ3) is 5.76. The number of hydrogen-bond acceptors (Lipinski definition) is 4. The average molecular weight is 950 g/mol. The number of thioether (sulfide) groups is 1. The van der Waals surface area contributed by atoms with Gasteiger partial charge in [0.25, 0.3) is 0 Å². The first-order chi connectivity index (χ1) is 27.6. The molecule has 0 N–H and O–H groups in total. The molecular formula is C52H42N4PtS. The van der Waals surface area contributed by atoms with Gasteiger partial charge in [0.05, 0.1) is 6.04 Å². The summed E-state index contributed by atoms with van der Waals surface area (Å²) in [4.78, 5) is 12.8. The first kappa shape index (κ1) is 37.1. The number of benzene rings is 6. The van der Waals surface area contributed by atoms with Crippen LogP contribution in [0.2, 0.25) is 0 Å². The quantitative estimate of drug-likeness (QED) is 0.165. The number of nitrogens with zero attached hydrogens (tertiary/aromatic N) is 4. The maximum Gasteiger partial charge on any atom is 2.00 e. The summed E-state index contributed by atoms with van der Waals surface area (Å²) in [6.45, 7) is 11.5. The van der Waals surface area contributed by atoms with Crippen LogP contribution in [0.15, 0.2) is 145 Å². The Hall–Kier alpha value is -5.22. The van der Waals surface area contributed by atoms with E-state index in [-0.39, 0.29) is 37.9 Å². The second-order valence-corrected chi connectivity index (χ2v) is 18.4. The Kier molecular flexibility index (Phi) is 8.75. The van der Waals surface area contributed by atoms with Crippen LogP contribution in [0.1, 0.15) is 73.2 Å². The van der Waals surface area contributed by atoms with E-state index in [1.807, 2.05) is 18.0 Å². The molecule has 0 radical (unpaired) electrons. The summed E-state index contributed by atoms with van der Waals surface area (Å²) in [6, 6.07) is 56.9. The third-order valence-corrected chi connectivity index (χ3v) is 13.7. The SMILES string of the molecule is CC(C)(C)c1ccnc(-n2c3[c-]c4c(cc3c3ccccc32)C(C)(C)c2ccccc2N4c2[c-]c(C3=N[C@@H]4Cc5ccccc5[C@@H]4S3)cc(-c3ccccc3)c2)c1.[Pt+2]. The molecule has 2 atom stereocenters. The van der Waals surface area contributed by atoms with Gasteiger partial charge in [0, 0.05) is 27.7 Å². The van der Waals surface area contributed by atoms with Gasteiger partial charge in [0.2, 0.25) is 0 Å². The smallest absolute Gasteiger partial charge is 0.352 e. The molecule has 0 fully saturated rings. The zero-order valence-electron chi connectivity index (χ0n) is 33.2. The Labute approximate surface area is 359 Å². The topological polar surface area (TPSA) is 33.4 Å². The second kappa shape index (κ2) is 13.7. The van der Waals surface area contributed by atoms with Crippen molar-refractivity contribution in [2.75, 3.05) is 4.90 Å². The molecule has 0 unspecified atom stereocenters. The van der Waals surface area contributed by atoms with Crippen molar-refractivity contribution >= 4 is 55.7 Å². The summed E-state index contributed by atoms with van der Waals surface area (Å²) in [5, 5.41) is 3.76. The summed E-state index contributed by atoms with van der Waals surface area (Å²) >= 11 is 1.90. The van der Waals surface area contributed by atoms with E-state index in [1.54, 1.807) is 0 Å². The van der Waals surface area contributed by atoms with Gasteiger partial charge in [-0.05, 0) is 80.4 Å².